The van der Waals surface area contributed by atoms with E-state index in [0.717, 1.165) is 0 Å². The molecule has 1 aliphatic rings. The molecule has 0 amide bonds. The molecule has 0 atom stereocenters. The first-order valence-corrected chi connectivity index (χ1v) is 13.0. The van der Waals surface area contributed by atoms with Crippen molar-refractivity contribution in [3.63, 3.8) is 0 Å². The van der Waals surface area contributed by atoms with E-state index in [2.05, 4.69) is 4.99 Å². The van der Waals surface area contributed by atoms with Crippen molar-refractivity contribution < 1.29 is 30.1 Å². The first-order chi connectivity index (χ1) is 15.9. The smallest absolute Gasteiger partial charge is 0.255 e. The van der Waals surface area contributed by atoms with Crippen LogP contribution in [0, 0.1) is 61.8 Å². The van der Waals surface area contributed by atoms with Gasteiger partial charge < -0.3 is 0 Å². The molecule has 0 aromatic heterocycles. The Balaban J connectivity index is 2.50. The van der Waals surface area contributed by atoms with E-state index in [9.17, 15) is 37.1 Å². The number of nitro groups is 2. The maximum absolute atomic E-state index is 14.1. The van der Waals surface area contributed by atoms with Crippen molar-refractivity contribution >= 4 is 26.4 Å². The van der Waals surface area contributed by atoms with Crippen molar-refractivity contribution in [3.8, 4) is 0 Å². The lowest BCUT2D eigenvalue weighted by Crippen LogP contribution is -2.69. The number of nitrogens with zero attached hydrogens (tertiary/aromatic N) is 4. The Morgan fingerprint density at radius 2 is 1.06 bits per heavy atom. The summed E-state index contributed by atoms with van der Waals surface area (Å²) >= 11 is 0. The second-order valence-electron chi connectivity index (χ2n) is 8.51. The molecule has 0 unspecified atom stereocenters. The summed E-state index contributed by atoms with van der Waals surface area (Å²) in [4.78, 5) is 22.8. The number of quaternary nitrogens is 1. The Morgan fingerprint density at radius 3 is 1.31 bits per heavy atom. The fraction of sp³-hybridized carbons (Fsp3) is 0.350. The van der Waals surface area contributed by atoms with Gasteiger partial charge in [-0.25, -0.2) is 0 Å². The summed E-state index contributed by atoms with van der Waals surface area (Å²) in [6.45, 7) is 9.13. The topological polar surface area (TPSA) is 179 Å². The van der Waals surface area contributed by atoms with Crippen LogP contribution in [0.15, 0.2) is 39.0 Å². The van der Waals surface area contributed by atoms with Crippen LogP contribution >= 0.6 is 0 Å². The van der Waals surface area contributed by atoms with Gasteiger partial charge in [0, 0.05) is 8.83 Å². The lowest BCUT2D eigenvalue weighted by Gasteiger charge is -2.28. The zero-order chi connectivity index (χ0) is 26.7. The SMILES string of the molecule is Cc1cc(C)c(S(=O)(=O)[N+]2(S(=O)(=O)c3c(C)cc(C)cc3C)C=NC([N+](=O)[O-])([N+](=O)[O-])N2)c(C)c1. The van der Waals surface area contributed by atoms with Gasteiger partial charge in [-0.2, -0.15) is 16.8 Å². The summed E-state index contributed by atoms with van der Waals surface area (Å²) in [5.74, 6) is -3.65. The summed E-state index contributed by atoms with van der Waals surface area (Å²) in [5.41, 5.74) is 3.67. The summed E-state index contributed by atoms with van der Waals surface area (Å²) in [5, 5.41) is 23.4. The maximum atomic E-state index is 14.1. The molecule has 0 spiro atoms. The number of nitrogens with one attached hydrogen (secondary N) is 1. The monoisotopic (exact) mass is 526 g/mol. The van der Waals surface area contributed by atoms with Gasteiger partial charge in [0.15, 0.2) is 0 Å². The van der Waals surface area contributed by atoms with Gasteiger partial charge in [0.25, 0.3) is 6.34 Å². The quantitative estimate of drug-likeness (QED) is 0.255. The normalized spacial score (nSPS) is 16.9. The third kappa shape index (κ3) is 3.62. The van der Waals surface area contributed by atoms with Gasteiger partial charge in [0.2, 0.25) is 0 Å². The molecule has 15 heteroatoms. The van der Waals surface area contributed by atoms with Crippen LogP contribution in [0.4, 0.5) is 0 Å². The van der Waals surface area contributed by atoms with E-state index >= 15 is 0 Å². The molecule has 1 heterocycles. The van der Waals surface area contributed by atoms with E-state index < -0.39 is 49.0 Å². The van der Waals surface area contributed by atoms with Crippen LogP contribution in [-0.4, -0.2) is 42.3 Å². The Labute approximate surface area is 202 Å². The number of sulfonamides is 2. The van der Waals surface area contributed by atoms with Crippen LogP contribution in [0.3, 0.4) is 0 Å². The van der Waals surface area contributed by atoms with Crippen molar-refractivity contribution in [3.05, 3.63) is 77.9 Å². The van der Waals surface area contributed by atoms with E-state index in [1.807, 2.05) is 0 Å². The third-order valence-corrected chi connectivity index (χ3v) is 10.9. The molecule has 0 bridgehead atoms. The van der Waals surface area contributed by atoms with Crippen LogP contribution in [-0.2, 0) is 20.0 Å². The lowest BCUT2D eigenvalue weighted by atomic mass is 10.1. The molecule has 0 saturated carbocycles. The molecule has 3 rings (SSSR count). The van der Waals surface area contributed by atoms with Gasteiger partial charge in [-0.1, -0.05) is 40.4 Å². The highest BCUT2D eigenvalue weighted by atomic mass is 32.3. The van der Waals surface area contributed by atoms with Gasteiger partial charge in [0.1, 0.15) is 19.6 Å². The fourth-order valence-corrected chi connectivity index (χ4v) is 9.17. The molecule has 2 aromatic rings. The van der Waals surface area contributed by atoms with E-state index in [0.29, 0.717) is 11.1 Å². The largest absolute Gasteiger partial charge is 0.679 e. The van der Waals surface area contributed by atoms with Crippen LogP contribution in [0.5, 0.6) is 0 Å². The lowest BCUT2D eigenvalue weighted by molar-refractivity contribution is -0.845. The molecule has 0 fully saturated rings. The summed E-state index contributed by atoms with van der Waals surface area (Å²) in [6.07, 6.45) is 0.202. The molecule has 0 saturated heterocycles. The van der Waals surface area contributed by atoms with Gasteiger partial charge in [-0.3, -0.25) is 20.2 Å². The van der Waals surface area contributed by atoms with Gasteiger partial charge in [0.05, 0.1) is 0 Å². The van der Waals surface area contributed by atoms with E-state index in [1.54, 1.807) is 19.3 Å². The van der Waals surface area contributed by atoms with E-state index in [1.165, 1.54) is 52.0 Å². The summed E-state index contributed by atoms with van der Waals surface area (Å²) < 4.78 is 54.2. The fourth-order valence-electron chi connectivity index (χ4n) is 4.46. The summed E-state index contributed by atoms with van der Waals surface area (Å²) in [6, 6.07) is 5.97. The zero-order valence-electron chi connectivity index (χ0n) is 19.8. The highest BCUT2D eigenvalue weighted by molar-refractivity contribution is 7.99. The second-order valence-corrected chi connectivity index (χ2v) is 12.6. The highest BCUT2D eigenvalue weighted by Gasteiger charge is 2.76. The van der Waals surface area contributed by atoms with Crippen molar-refractivity contribution in [2.24, 2.45) is 4.99 Å². The Morgan fingerprint density at radius 1 is 0.743 bits per heavy atom. The highest BCUT2D eigenvalue weighted by Crippen LogP contribution is 2.39. The molecular formula is C20H24N5O8S2+. The average molecular weight is 527 g/mol. The van der Waals surface area contributed by atoms with Crippen molar-refractivity contribution in [1.82, 2.24) is 5.43 Å². The summed E-state index contributed by atoms with van der Waals surface area (Å²) in [7, 11) is -10.4. The third-order valence-electron chi connectivity index (χ3n) is 5.64. The Kier molecular flexibility index (Phi) is 6.13. The first kappa shape index (κ1) is 26.3. The van der Waals surface area contributed by atoms with Crippen molar-refractivity contribution in [2.45, 2.75) is 57.2 Å². The number of rotatable bonds is 6. The zero-order valence-corrected chi connectivity index (χ0v) is 21.4. The molecule has 35 heavy (non-hydrogen) atoms. The van der Waals surface area contributed by atoms with Crippen LogP contribution in [0.2, 0.25) is 0 Å². The van der Waals surface area contributed by atoms with E-state index in [4.69, 9.17) is 0 Å². The van der Waals surface area contributed by atoms with Crippen molar-refractivity contribution in [1.29, 1.82) is 0 Å². The predicted molar refractivity (Wildman–Crippen MR) is 124 cm³/mol. The molecule has 1 N–H and O–H groups in total. The molecular weight excluding hydrogens is 502 g/mol. The minimum absolute atomic E-state index is 0.155. The predicted octanol–water partition coefficient (Wildman–Crippen LogP) is 2.14. The molecule has 1 aliphatic heterocycles. The molecule has 0 aliphatic carbocycles. The maximum Gasteiger partial charge on any atom is 0.679 e. The molecule has 13 nitrogen and oxygen atoms in total. The molecule has 188 valence electrons. The molecule has 2 aromatic carbocycles. The number of aliphatic imine (C=N–C) groups is 1. The van der Waals surface area contributed by atoms with Crippen LogP contribution in [0.1, 0.15) is 33.4 Å². The minimum atomic E-state index is -5.19. The Hall–Kier alpha value is -3.27. The van der Waals surface area contributed by atoms with Gasteiger partial charge in [-0.15, -0.1) is 0 Å². The van der Waals surface area contributed by atoms with Gasteiger partial charge in [-0.05, 0) is 63.8 Å². The average Bonchev–Trinajstić information content (AvgIpc) is 3.10. The van der Waals surface area contributed by atoms with Gasteiger partial charge >= 0.3 is 26.0 Å². The standard InChI is InChI=1S/C20H24N5O8S2/c1-12-7-14(3)18(15(4)8-12)34(30,31)25(11-21-20(22-25,23(26)27)24(28)29)35(32,33)19-16(5)9-13(2)10-17(19)6/h7-11,22H,1-6H3/q+1. The Bertz CT molecular complexity index is 1380. The number of hydrogen-bond donors (Lipinski definition) is 1. The number of benzene rings is 2. The van der Waals surface area contributed by atoms with E-state index in [-0.39, 0.29) is 28.6 Å². The number of hydrogen-bond acceptors (Lipinski definition) is 10. The van der Waals surface area contributed by atoms with Crippen molar-refractivity contribution in [2.75, 3.05) is 0 Å². The minimum Gasteiger partial charge on any atom is -0.255 e. The first-order valence-electron chi connectivity index (χ1n) is 10.1. The van der Waals surface area contributed by atoms with Crippen LogP contribution < -0.4 is 5.43 Å². The number of aryl methyl sites for hydroxylation is 6. The second kappa shape index (κ2) is 8.15. The molecule has 0 radical (unpaired) electrons. The van der Waals surface area contributed by atoms with Crippen LogP contribution in [0.25, 0.3) is 0 Å².